The topological polar surface area (TPSA) is 64.7 Å². The van der Waals surface area contributed by atoms with Crippen molar-refractivity contribution in [3.05, 3.63) is 48.5 Å². The standard InChI is InChI=1S/C19H23N5O/c1-14(23-13-21-16-5-2-3-6-18(16)23)19(25)20-10-4-12-24-17(9-11-22-24)15-7-8-15/h2-3,5-6,9,11,13-15H,4,7-8,10,12H2,1H3,(H,20,25)/t14-/m0/s1. The van der Waals surface area contributed by atoms with Gasteiger partial charge < -0.3 is 9.88 Å². The van der Waals surface area contributed by atoms with E-state index < -0.39 is 0 Å². The number of nitrogens with zero attached hydrogens (tertiary/aromatic N) is 4. The van der Waals surface area contributed by atoms with E-state index in [1.54, 1.807) is 6.33 Å². The van der Waals surface area contributed by atoms with E-state index in [4.69, 9.17) is 0 Å². The second-order valence-electron chi connectivity index (χ2n) is 6.71. The lowest BCUT2D eigenvalue weighted by atomic mass is 10.2. The molecule has 130 valence electrons. The van der Waals surface area contributed by atoms with E-state index in [1.807, 2.05) is 42.0 Å². The number of hydrogen-bond acceptors (Lipinski definition) is 3. The van der Waals surface area contributed by atoms with Gasteiger partial charge in [-0.15, -0.1) is 0 Å². The largest absolute Gasteiger partial charge is 0.354 e. The summed E-state index contributed by atoms with van der Waals surface area (Å²) in [6.07, 6.45) is 7.04. The number of rotatable bonds is 7. The molecule has 0 spiro atoms. The smallest absolute Gasteiger partial charge is 0.242 e. The van der Waals surface area contributed by atoms with Crippen LogP contribution in [0.3, 0.4) is 0 Å². The zero-order valence-electron chi connectivity index (χ0n) is 14.4. The number of amides is 1. The fourth-order valence-corrected chi connectivity index (χ4v) is 3.26. The average Bonchev–Trinajstić information content (AvgIpc) is 3.21. The van der Waals surface area contributed by atoms with E-state index in [-0.39, 0.29) is 11.9 Å². The molecule has 1 amide bonds. The molecule has 0 radical (unpaired) electrons. The summed E-state index contributed by atoms with van der Waals surface area (Å²) in [6, 6.07) is 9.70. The quantitative estimate of drug-likeness (QED) is 0.674. The summed E-state index contributed by atoms with van der Waals surface area (Å²) in [5, 5.41) is 7.43. The fourth-order valence-electron chi connectivity index (χ4n) is 3.26. The number of hydrogen-bond donors (Lipinski definition) is 1. The Hall–Kier alpha value is -2.63. The molecule has 25 heavy (non-hydrogen) atoms. The Bertz CT molecular complexity index is 877. The number of aromatic nitrogens is 4. The van der Waals surface area contributed by atoms with E-state index >= 15 is 0 Å². The number of benzene rings is 1. The minimum Gasteiger partial charge on any atom is -0.354 e. The molecule has 6 heteroatoms. The SMILES string of the molecule is C[C@@H](C(=O)NCCCn1nccc1C1CC1)n1cnc2ccccc21. The molecule has 1 aliphatic carbocycles. The molecule has 1 aromatic carbocycles. The average molecular weight is 337 g/mol. The van der Waals surface area contributed by atoms with Gasteiger partial charge in [0.1, 0.15) is 6.04 Å². The fraction of sp³-hybridized carbons (Fsp3) is 0.421. The molecule has 1 atom stereocenters. The van der Waals surface area contributed by atoms with Crippen LogP contribution in [0.2, 0.25) is 0 Å². The molecule has 1 N–H and O–H groups in total. The number of aryl methyl sites for hydroxylation is 1. The van der Waals surface area contributed by atoms with Crippen LogP contribution in [-0.2, 0) is 11.3 Å². The number of fused-ring (bicyclic) bond motifs is 1. The van der Waals surface area contributed by atoms with Gasteiger partial charge in [-0.25, -0.2) is 4.98 Å². The first-order valence-corrected chi connectivity index (χ1v) is 8.95. The molecule has 0 bridgehead atoms. The minimum atomic E-state index is -0.279. The molecule has 0 unspecified atom stereocenters. The van der Waals surface area contributed by atoms with E-state index in [0.29, 0.717) is 12.5 Å². The first-order valence-electron chi connectivity index (χ1n) is 8.95. The van der Waals surface area contributed by atoms with Crippen molar-refractivity contribution in [2.75, 3.05) is 6.54 Å². The first-order chi connectivity index (χ1) is 12.2. The van der Waals surface area contributed by atoms with Crippen LogP contribution >= 0.6 is 0 Å². The van der Waals surface area contributed by atoms with Crippen molar-refractivity contribution in [1.29, 1.82) is 0 Å². The minimum absolute atomic E-state index is 0.0195. The van der Waals surface area contributed by atoms with Crippen LogP contribution in [0.1, 0.15) is 43.8 Å². The van der Waals surface area contributed by atoms with Crippen molar-refractivity contribution in [1.82, 2.24) is 24.6 Å². The number of nitrogens with one attached hydrogen (secondary N) is 1. The van der Waals surface area contributed by atoms with Crippen LogP contribution < -0.4 is 5.32 Å². The third kappa shape index (κ3) is 3.29. The molecule has 2 heterocycles. The molecule has 1 aliphatic rings. The Morgan fingerprint density at radius 2 is 2.16 bits per heavy atom. The Balaban J connectivity index is 1.30. The summed E-state index contributed by atoms with van der Waals surface area (Å²) in [5.74, 6) is 0.720. The molecule has 6 nitrogen and oxygen atoms in total. The maximum absolute atomic E-state index is 12.4. The van der Waals surface area contributed by atoms with Gasteiger partial charge in [-0.2, -0.15) is 5.10 Å². The molecule has 4 rings (SSSR count). The van der Waals surface area contributed by atoms with Gasteiger partial charge in [-0.1, -0.05) is 12.1 Å². The Morgan fingerprint density at radius 1 is 1.32 bits per heavy atom. The molecule has 1 fully saturated rings. The normalized spacial score (nSPS) is 15.4. The van der Waals surface area contributed by atoms with Crippen molar-refractivity contribution < 1.29 is 4.79 Å². The highest BCUT2D eigenvalue weighted by Gasteiger charge is 2.26. The predicted molar refractivity (Wildman–Crippen MR) is 96.3 cm³/mol. The maximum Gasteiger partial charge on any atom is 0.242 e. The first kappa shape index (κ1) is 15.9. The van der Waals surface area contributed by atoms with Crippen LogP contribution in [0, 0.1) is 0 Å². The summed E-state index contributed by atoms with van der Waals surface area (Å²) in [5.41, 5.74) is 3.23. The summed E-state index contributed by atoms with van der Waals surface area (Å²) in [6.45, 7) is 3.41. The molecule has 0 saturated heterocycles. The van der Waals surface area contributed by atoms with Crippen LogP contribution in [0.4, 0.5) is 0 Å². The lowest BCUT2D eigenvalue weighted by molar-refractivity contribution is -0.123. The van der Waals surface area contributed by atoms with Gasteiger partial charge in [-0.05, 0) is 44.4 Å². The van der Waals surface area contributed by atoms with Crippen molar-refractivity contribution >= 4 is 16.9 Å². The molecule has 3 aromatic rings. The third-order valence-corrected chi connectivity index (χ3v) is 4.87. The monoisotopic (exact) mass is 337 g/mol. The highest BCUT2D eigenvalue weighted by Crippen LogP contribution is 2.39. The van der Waals surface area contributed by atoms with Gasteiger partial charge in [0.25, 0.3) is 0 Å². The lowest BCUT2D eigenvalue weighted by Crippen LogP contribution is -2.32. The second kappa shape index (κ2) is 6.70. The van der Waals surface area contributed by atoms with Gasteiger partial charge >= 0.3 is 0 Å². The summed E-state index contributed by atoms with van der Waals surface area (Å²) in [7, 11) is 0. The summed E-state index contributed by atoms with van der Waals surface area (Å²) in [4.78, 5) is 16.8. The van der Waals surface area contributed by atoms with Gasteiger partial charge in [0.2, 0.25) is 5.91 Å². The highest BCUT2D eigenvalue weighted by atomic mass is 16.2. The number of carbonyl (C=O) groups is 1. The lowest BCUT2D eigenvalue weighted by Gasteiger charge is -2.15. The van der Waals surface area contributed by atoms with Gasteiger partial charge in [0.15, 0.2) is 0 Å². The van der Waals surface area contributed by atoms with Gasteiger partial charge in [0.05, 0.1) is 17.4 Å². The maximum atomic E-state index is 12.4. The van der Waals surface area contributed by atoms with Crippen molar-refractivity contribution in [3.63, 3.8) is 0 Å². The molecule has 2 aromatic heterocycles. The van der Waals surface area contributed by atoms with Crippen molar-refractivity contribution in [3.8, 4) is 0 Å². The zero-order chi connectivity index (χ0) is 17.2. The highest BCUT2D eigenvalue weighted by molar-refractivity contribution is 5.83. The van der Waals surface area contributed by atoms with Gasteiger partial charge in [-0.3, -0.25) is 9.48 Å². The Labute approximate surface area is 146 Å². The second-order valence-corrected chi connectivity index (χ2v) is 6.71. The van der Waals surface area contributed by atoms with Crippen molar-refractivity contribution in [2.45, 2.75) is 44.7 Å². The van der Waals surface area contributed by atoms with E-state index in [0.717, 1.165) is 24.0 Å². The Morgan fingerprint density at radius 3 is 3.00 bits per heavy atom. The molecule has 1 saturated carbocycles. The van der Waals surface area contributed by atoms with Crippen LogP contribution in [0.25, 0.3) is 11.0 Å². The summed E-state index contributed by atoms with van der Waals surface area (Å²) >= 11 is 0. The van der Waals surface area contributed by atoms with E-state index in [1.165, 1.54) is 18.5 Å². The Kier molecular flexibility index (Phi) is 4.26. The summed E-state index contributed by atoms with van der Waals surface area (Å²) < 4.78 is 4.00. The van der Waals surface area contributed by atoms with Crippen molar-refractivity contribution in [2.24, 2.45) is 0 Å². The van der Waals surface area contributed by atoms with Crippen LogP contribution in [-0.4, -0.2) is 31.8 Å². The van der Waals surface area contributed by atoms with Crippen LogP contribution in [0.5, 0.6) is 0 Å². The number of carbonyl (C=O) groups excluding carboxylic acids is 1. The van der Waals surface area contributed by atoms with E-state index in [9.17, 15) is 4.79 Å². The third-order valence-electron chi connectivity index (χ3n) is 4.87. The predicted octanol–water partition coefficient (Wildman–Crippen LogP) is 2.88. The molecule has 0 aliphatic heterocycles. The number of para-hydroxylation sites is 2. The molecular formula is C19H23N5O. The van der Waals surface area contributed by atoms with Crippen LogP contribution in [0.15, 0.2) is 42.9 Å². The van der Waals surface area contributed by atoms with Gasteiger partial charge in [0, 0.05) is 30.9 Å². The number of imidazole rings is 1. The molecular weight excluding hydrogens is 314 g/mol. The zero-order valence-corrected chi connectivity index (χ0v) is 14.4. The van der Waals surface area contributed by atoms with E-state index in [2.05, 4.69) is 26.1 Å².